The Bertz CT molecular complexity index is 473. The molecule has 0 saturated heterocycles. The van der Waals surface area contributed by atoms with Gasteiger partial charge in [-0.1, -0.05) is 0 Å². The molecule has 98 valence electrons. The van der Waals surface area contributed by atoms with Crippen LogP contribution in [0.2, 0.25) is 0 Å². The molecule has 0 aliphatic carbocycles. The van der Waals surface area contributed by atoms with Crippen LogP contribution in [0.5, 0.6) is 11.5 Å². The average Bonchev–Trinajstić information content (AvgIpc) is 2.23. The topological polar surface area (TPSA) is 78.6 Å². The number of ether oxygens (including phenoxy) is 2. The smallest absolute Gasteiger partial charge is 0.308 e. The van der Waals surface area contributed by atoms with Crippen LogP contribution in [0.4, 0.5) is 4.39 Å². The van der Waals surface area contributed by atoms with Gasteiger partial charge < -0.3 is 15.2 Å². The van der Waals surface area contributed by atoms with Gasteiger partial charge in [-0.25, -0.2) is 4.39 Å². The van der Waals surface area contributed by atoms with Gasteiger partial charge in [0.25, 0.3) is 0 Å². The zero-order valence-electron chi connectivity index (χ0n) is 10.2. The Morgan fingerprint density at radius 3 is 2.11 bits per heavy atom. The SMILES string of the molecule is CC(=O)Oc1cc(F)c(CCN)cc1OC(C)=O. The van der Waals surface area contributed by atoms with Crippen molar-refractivity contribution in [1.82, 2.24) is 0 Å². The Kier molecular flexibility index (Phi) is 4.79. The van der Waals surface area contributed by atoms with E-state index >= 15 is 0 Å². The van der Waals surface area contributed by atoms with Crippen LogP contribution < -0.4 is 15.2 Å². The first kappa shape index (κ1) is 14.1. The molecule has 0 atom stereocenters. The normalized spacial score (nSPS) is 10.0. The van der Waals surface area contributed by atoms with Crippen molar-refractivity contribution in [3.63, 3.8) is 0 Å². The monoisotopic (exact) mass is 255 g/mol. The van der Waals surface area contributed by atoms with E-state index in [9.17, 15) is 14.0 Å². The van der Waals surface area contributed by atoms with Crippen molar-refractivity contribution < 1.29 is 23.5 Å². The van der Waals surface area contributed by atoms with E-state index in [0.717, 1.165) is 6.07 Å². The maximum absolute atomic E-state index is 13.6. The van der Waals surface area contributed by atoms with E-state index in [2.05, 4.69) is 0 Å². The number of hydrogen-bond donors (Lipinski definition) is 1. The third-order valence-corrected chi connectivity index (χ3v) is 2.03. The number of carbonyl (C=O) groups is 2. The fraction of sp³-hybridized carbons (Fsp3) is 0.333. The molecule has 0 radical (unpaired) electrons. The Morgan fingerprint density at radius 1 is 1.17 bits per heavy atom. The van der Waals surface area contributed by atoms with Crippen LogP contribution in [-0.4, -0.2) is 18.5 Å². The molecule has 0 heterocycles. The number of halogens is 1. The van der Waals surface area contributed by atoms with Gasteiger partial charge in [0.05, 0.1) is 0 Å². The fourth-order valence-electron chi connectivity index (χ4n) is 1.39. The summed E-state index contributed by atoms with van der Waals surface area (Å²) in [5.41, 5.74) is 5.64. The van der Waals surface area contributed by atoms with Crippen LogP contribution in [0.1, 0.15) is 19.4 Å². The van der Waals surface area contributed by atoms with Crippen molar-refractivity contribution in [2.75, 3.05) is 6.54 Å². The molecule has 5 nitrogen and oxygen atoms in total. The van der Waals surface area contributed by atoms with E-state index in [1.165, 1.54) is 19.9 Å². The average molecular weight is 255 g/mol. The number of benzene rings is 1. The molecule has 2 N–H and O–H groups in total. The Morgan fingerprint density at radius 2 is 1.67 bits per heavy atom. The second kappa shape index (κ2) is 6.11. The first-order chi connectivity index (χ1) is 8.43. The molecule has 1 rings (SSSR count). The third-order valence-electron chi connectivity index (χ3n) is 2.03. The van der Waals surface area contributed by atoms with Crippen LogP contribution in [0, 0.1) is 5.82 Å². The number of carbonyl (C=O) groups excluding carboxylic acids is 2. The molecule has 0 fully saturated rings. The first-order valence-electron chi connectivity index (χ1n) is 5.33. The number of rotatable bonds is 4. The number of nitrogens with two attached hydrogens (primary N) is 1. The summed E-state index contributed by atoms with van der Waals surface area (Å²) in [7, 11) is 0. The summed E-state index contributed by atoms with van der Waals surface area (Å²) in [6, 6.07) is 2.31. The molecule has 0 aliphatic heterocycles. The Balaban J connectivity index is 3.17. The van der Waals surface area contributed by atoms with E-state index < -0.39 is 17.8 Å². The van der Waals surface area contributed by atoms with Crippen LogP contribution in [0.15, 0.2) is 12.1 Å². The van der Waals surface area contributed by atoms with Gasteiger partial charge in [0.2, 0.25) is 0 Å². The predicted molar refractivity (Wildman–Crippen MR) is 61.8 cm³/mol. The standard InChI is InChI=1S/C12H14FNO4/c1-7(15)17-11-5-9(3-4-14)10(13)6-12(11)18-8(2)16/h5-6H,3-4,14H2,1-2H3. The fourth-order valence-corrected chi connectivity index (χ4v) is 1.39. The highest BCUT2D eigenvalue weighted by atomic mass is 19.1. The highest BCUT2D eigenvalue weighted by molar-refractivity contribution is 5.73. The first-order valence-corrected chi connectivity index (χ1v) is 5.33. The van der Waals surface area contributed by atoms with Crippen LogP contribution in [0.25, 0.3) is 0 Å². The minimum Gasteiger partial charge on any atom is -0.423 e. The Labute approximate surface area is 104 Å². The highest BCUT2D eigenvalue weighted by Gasteiger charge is 2.15. The molecule has 1 aromatic rings. The van der Waals surface area contributed by atoms with Gasteiger partial charge in [0.15, 0.2) is 11.5 Å². The molecule has 0 aromatic heterocycles. The molecule has 0 aliphatic rings. The second-order valence-corrected chi connectivity index (χ2v) is 3.62. The lowest BCUT2D eigenvalue weighted by atomic mass is 10.1. The zero-order chi connectivity index (χ0) is 13.7. The van der Waals surface area contributed by atoms with Crippen molar-refractivity contribution >= 4 is 11.9 Å². The van der Waals surface area contributed by atoms with Gasteiger partial charge in [0.1, 0.15) is 5.82 Å². The maximum atomic E-state index is 13.6. The third kappa shape index (κ3) is 3.81. The van der Waals surface area contributed by atoms with Gasteiger partial charge in [0, 0.05) is 19.9 Å². The summed E-state index contributed by atoms with van der Waals surface area (Å²) in [4.78, 5) is 21.8. The zero-order valence-corrected chi connectivity index (χ0v) is 10.2. The van der Waals surface area contributed by atoms with Gasteiger partial charge in [-0.2, -0.15) is 0 Å². The van der Waals surface area contributed by atoms with Gasteiger partial charge in [-0.3, -0.25) is 9.59 Å². The minimum atomic E-state index is -0.630. The minimum absolute atomic E-state index is 0.00236. The number of esters is 2. The maximum Gasteiger partial charge on any atom is 0.308 e. The summed E-state index contributed by atoms with van der Waals surface area (Å²) < 4.78 is 23.3. The molecule has 0 saturated carbocycles. The van der Waals surface area contributed by atoms with Crippen LogP contribution >= 0.6 is 0 Å². The molecule has 6 heteroatoms. The summed E-state index contributed by atoms with van der Waals surface area (Å²) in [6.45, 7) is 2.62. The highest BCUT2D eigenvalue weighted by Crippen LogP contribution is 2.31. The molecule has 0 amide bonds. The van der Waals surface area contributed by atoms with Crippen molar-refractivity contribution in [1.29, 1.82) is 0 Å². The number of hydrogen-bond acceptors (Lipinski definition) is 5. The van der Waals surface area contributed by atoms with Crippen LogP contribution in [-0.2, 0) is 16.0 Å². The van der Waals surface area contributed by atoms with Gasteiger partial charge in [-0.15, -0.1) is 0 Å². The largest absolute Gasteiger partial charge is 0.423 e. The molecule has 0 spiro atoms. The molecular weight excluding hydrogens is 241 g/mol. The molecule has 0 bridgehead atoms. The van der Waals surface area contributed by atoms with Gasteiger partial charge in [-0.05, 0) is 24.6 Å². The van der Waals surface area contributed by atoms with Crippen molar-refractivity contribution in [3.8, 4) is 11.5 Å². The molecule has 1 aromatic carbocycles. The lowest BCUT2D eigenvalue weighted by molar-refractivity contribution is -0.134. The summed E-state index contributed by atoms with van der Waals surface area (Å²) in [5.74, 6) is -1.91. The molecular formula is C12H14FNO4. The Hall–Kier alpha value is -1.95. The van der Waals surface area contributed by atoms with Crippen molar-refractivity contribution in [3.05, 3.63) is 23.5 Å². The summed E-state index contributed by atoms with van der Waals surface area (Å²) in [5, 5.41) is 0. The second-order valence-electron chi connectivity index (χ2n) is 3.62. The summed E-state index contributed by atoms with van der Waals surface area (Å²) >= 11 is 0. The predicted octanol–water partition coefficient (Wildman–Crippen LogP) is 1.18. The summed E-state index contributed by atoms with van der Waals surface area (Å²) in [6.07, 6.45) is 0.292. The molecule has 18 heavy (non-hydrogen) atoms. The van der Waals surface area contributed by atoms with Crippen LogP contribution in [0.3, 0.4) is 0 Å². The van der Waals surface area contributed by atoms with E-state index in [0.29, 0.717) is 12.0 Å². The quantitative estimate of drug-likeness (QED) is 0.645. The van der Waals surface area contributed by atoms with E-state index in [-0.39, 0.29) is 18.0 Å². The lowest BCUT2D eigenvalue weighted by Gasteiger charge is -2.11. The van der Waals surface area contributed by atoms with Gasteiger partial charge >= 0.3 is 11.9 Å². The van der Waals surface area contributed by atoms with E-state index in [1.807, 2.05) is 0 Å². The van der Waals surface area contributed by atoms with E-state index in [4.69, 9.17) is 15.2 Å². The molecule has 0 unspecified atom stereocenters. The van der Waals surface area contributed by atoms with Crippen molar-refractivity contribution in [2.24, 2.45) is 5.73 Å². The lowest BCUT2D eigenvalue weighted by Crippen LogP contribution is -2.10. The van der Waals surface area contributed by atoms with Crippen molar-refractivity contribution in [2.45, 2.75) is 20.3 Å². The van der Waals surface area contributed by atoms with E-state index in [1.54, 1.807) is 0 Å².